The zero-order valence-electron chi connectivity index (χ0n) is 10.1. The topological polar surface area (TPSA) is 36.4 Å². The van der Waals surface area contributed by atoms with E-state index in [-0.39, 0.29) is 6.61 Å². The number of aromatic nitrogens is 1. The van der Waals surface area contributed by atoms with Crippen LogP contribution in [0.15, 0.2) is 35.2 Å². The van der Waals surface area contributed by atoms with Crippen LogP contribution in [0.3, 0.4) is 0 Å². The molecule has 0 bridgehead atoms. The number of aliphatic hydroxyl groups excluding tert-OH is 1. The van der Waals surface area contributed by atoms with E-state index in [0.717, 1.165) is 12.2 Å². The lowest BCUT2D eigenvalue weighted by Gasteiger charge is -2.24. The summed E-state index contributed by atoms with van der Waals surface area (Å²) in [6.45, 7) is 0.952. The van der Waals surface area contributed by atoms with E-state index >= 15 is 0 Å². The Kier molecular flexibility index (Phi) is 3.30. The first-order chi connectivity index (χ1) is 8.86. The van der Waals surface area contributed by atoms with Gasteiger partial charge >= 0.3 is 0 Å². The van der Waals surface area contributed by atoms with Crippen LogP contribution in [-0.4, -0.2) is 16.1 Å². The van der Waals surface area contributed by atoms with Crippen molar-refractivity contribution in [2.75, 3.05) is 4.90 Å². The van der Waals surface area contributed by atoms with Gasteiger partial charge in [-0.1, -0.05) is 0 Å². The highest BCUT2D eigenvalue weighted by Crippen LogP contribution is 2.33. The summed E-state index contributed by atoms with van der Waals surface area (Å²) in [5.41, 5.74) is 3.26. The first-order valence-electron chi connectivity index (χ1n) is 6.20. The fraction of sp³-hybridized carbons (Fsp3) is 0.357. The molecule has 0 saturated heterocycles. The summed E-state index contributed by atoms with van der Waals surface area (Å²) in [6.07, 6.45) is 4.31. The summed E-state index contributed by atoms with van der Waals surface area (Å²) in [5, 5.41) is 13.5. The van der Waals surface area contributed by atoms with Gasteiger partial charge in [-0.2, -0.15) is 11.3 Å². The molecule has 0 unspecified atom stereocenters. The molecule has 0 atom stereocenters. The lowest BCUT2D eigenvalue weighted by atomic mass is 10.2. The molecule has 3 rings (SSSR count). The predicted octanol–water partition coefficient (Wildman–Crippen LogP) is 2.80. The Labute approximate surface area is 111 Å². The Morgan fingerprint density at radius 3 is 2.94 bits per heavy atom. The quantitative estimate of drug-likeness (QED) is 0.898. The minimum Gasteiger partial charge on any atom is -0.390 e. The molecule has 0 radical (unpaired) electrons. The average molecular weight is 260 g/mol. The first kappa shape index (κ1) is 11.7. The highest BCUT2D eigenvalue weighted by atomic mass is 32.1. The zero-order valence-corrected chi connectivity index (χ0v) is 10.9. The highest BCUT2D eigenvalue weighted by molar-refractivity contribution is 7.07. The van der Waals surface area contributed by atoms with Crippen molar-refractivity contribution < 1.29 is 5.11 Å². The maximum Gasteiger partial charge on any atom is 0.0853 e. The molecular formula is C14H16N2OS. The molecule has 94 valence electrons. The molecule has 0 aromatic carbocycles. The van der Waals surface area contributed by atoms with E-state index in [2.05, 4.69) is 26.7 Å². The first-order valence-corrected chi connectivity index (χ1v) is 7.14. The molecular weight excluding hydrogens is 244 g/mol. The molecule has 2 aromatic heterocycles. The van der Waals surface area contributed by atoms with Crippen molar-refractivity contribution in [1.82, 2.24) is 4.98 Å². The molecule has 4 heteroatoms. The van der Waals surface area contributed by atoms with Gasteiger partial charge in [0.2, 0.25) is 0 Å². The molecule has 1 saturated carbocycles. The number of hydrogen-bond acceptors (Lipinski definition) is 4. The number of nitrogens with zero attached hydrogens (tertiary/aromatic N) is 2. The second-order valence-electron chi connectivity index (χ2n) is 4.65. The van der Waals surface area contributed by atoms with Gasteiger partial charge in [-0.25, -0.2) is 0 Å². The van der Waals surface area contributed by atoms with Crippen molar-refractivity contribution in [3.63, 3.8) is 0 Å². The molecule has 18 heavy (non-hydrogen) atoms. The Morgan fingerprint density at radius 2 is 2.28 bits per heavy atom. The molecule has 1 aliphatic carbocycles. The van der Waals surface area contributed by atoms with Crippen LogP contribution in [0.1, 0.15) is 24.1 Å². The van der Waals surface area contributed by atoms with E-state index in [4.69, 9.17) is 0 Å². The number of hydrogen-bond donors (Lipinski definition) is 1. The number of thiophene rings is 1. The molecule has 0 aliphatic heterocycles. The Balaban J connectivity index is 1.84. The molecule has 2 aromatic rings. The normalized spacial score (nSPS) is 14.7. The number of pyridine rings is 1. The SMILES string of the molecule is OCc1cc(N(Cc2ccsc2)C2CC2)ccn1. The molecule has 1 fully saturated rings. The highest BCUT2D eigenvalue weighted by Gasteiger charge is 2.29. The molecule has 0 spiro atoms. The van der Waals surface area contributed by atoms with E-state index in [9.17, 15) is 5.11 Å². The summed E-state index contributed by atoms with van der Waals surface area (Å²) in [6, 6.07) is 6.85. The summed E-state index contributed by atoms with van der Waals surface area (Å²) >= 11 is 1.74. The van der Waals surface area contributed by atoms with Crippen LogP contribution < -0.4 is 4.90 Å². The zero-order chi connectivity index (χ0) is 12.4. The van der Waals surface area contributed by atoms with E-state index in [1.54, 1.807) is 17.5 Å². The summed E-state index contributed by atoms with van der Waals surface area (Å²) in [5.74, 6) is 0. The summed E-state index contributed by atoms with van der Waals surface area (Å²) in [7, 11) is 0. The minimum atomic E-state index is 0.00476. The van der Waals surface area contributed by atoms with Crippen molar-refractivity contribution >= 4 is 17.0 Å². The largest absolute Gasteiger partial charge is 0.390 e. The maximum absolute atomic E-state index is 9.18. The number of rotatable bonds is 5. The molecule has 3 nitrogen and oxygen atoms in total. The number of aliphatic hydroxyl groups is 1. The number of anilines is 1. The second kappa shape index (κ2) is 5.08. The Hall–Kier alpha value is -1.39. The standard InChI is InChI=1S/C14H16N2OS/c17-9-12-7-14(3-5-15-12)16(13-1-2-13)8-11-4-6-18-10-11/h3-7,10,13,17H,1-2,8-9H2. The van der Waals surface area contributed by atoms with Crippen molar-refractivity contribution in [3.05, 3.63) is 46.4 Å². The van der Waals surface area contributed by atoms with Gasteiger partial charge in [-0.15, -0.1) is 0 Å². The van der Waals surface area contributed by atoms with Gasteiger partial charge in [-0.3, -0.25) is 4.98 Å². The van der Waals surface area contributed by atoms with E-state index < -0.39 is 0 Å². The van der Waals surface area contributed by atoms with Crippen LogP contribution in [0, 0.1) is 0 Å². The summed E-state index contributed by atoms with van der Waals surface area (Å²) < 4.78 is 0. The summed E-state index contributed by atoms with van der Waals surface area (Å²) in [4.78, 5) is 6.56. The van der Waals surface area contributed by atoms with Crippen molar-refractivity contribution in [1.29, 1.82) is 0 Å². The van der Waals surface area contributed by atoms with Crippen LogP contribution in [0.5, 0.6) is 0 Å². The average Bonchev–Trinajstić information content (AvgIpc) is 3.13. The van der Waals surface area contributed by atoms with E-state index in [1.165, 1.54) is 24.1 Å². The fourth-order valence-corrected chi connectivity index (χ4v) is 2.79. The van der Waals surface area contributed by atoms with Gasteiger partial charge in [0.1, 0.15) is 0 Å². The van der Waals surface area contributed by atoms with E-state index in [1.807, 2.05) is 12.1 Å². The third-order valence-corrected chi connectivity index (χ3v) is 3.95. The Morgan fingerprint density at radius 1 is 1.39 bits per heavy atom. The Bertz CT molecular complexity index is 508. The lowest BCUT2D eigenvalue weighted by molar-refractivity contribution is 0.277. The van der Waals surface area contributed by atoms with Gasteiger partial charge in [0, 0.05) is 24.5 Å². The van der Waals surface area contributed by atoms with Crippen LogP contribution in [0.2, 0.25) is 0 Å². The van der Waals surface area contributed by atoms with Gasteiger partial charge in [0.25, 0.3) is 0 Å². The van der Waals surface area contributed by atoms with Crippen molar-refractivity contribution in [2.45, 2.75) is 32.0 Å². The van der Waals surface area contributed by atoms with Crippen LogP contribution in [0.25, 0.3) is 0 Å². The third kappa shape index (κ3) is 2.54. The monoisotopic (exact) mass is 260 g/mol. The van der Waals surface area contributed by atoms with Gasteiger partial charge in [0.05, 0.1) is 12.3 Å². The van der Waals surface area contributed by atoms with Crippen molar-refractivity contribution in [3.8, 4) is 0 Å². The third-order valence-electron chi connectivity index (χ3n) is 3.21. The van der Waals surface area contributed by atoms with Crippen LogP contribution >= 0.6 is 11.3 Å². The van der Waals surface area contributed by atoms with Gasteiger partial charge in [0.15, 0.2) is 0 Å². The smallest absolute Gasteiger partial charge is 0.0853 e. The van der Waals surface area contributed by atoms with Crippen LogP contribution in [-0.2, 0) is 13.2 Å². The predicted molar refractivity (Wildman–Crippen MR) is 73.7 cm³/mol. The minimum absolute atomic E-state index is 0.00476. The maximum atomic E-state index is 9.18. The molecule has 0 amide bonds. The van der Waals surface area contributed by atoms with Gasteiger partial charge < -0.3 is 10.0 Å². The second-order valence-corrected chi connectivity index (χ2v) is 5.43. The fourth-order valence-electron chi connectivity index (χ4n) is 2.13. The van der Waals surface area contributed by atoms with E-state index in [0.29, 0.717) is 6.04 Å². The molecule has 2 heterocycles. The molecule has 1 aliphatic rings. The lowest BCUT2D eigenvalue weighted by Crippen LogP contribution is -2.24. The van der Waals surface area contributed by atoms with Crippen LogP contribution in [0.4, 0.5) is 5.69 Å². The van der Waals surface area contributed by atoms with Crippen molar-refractivity contribution in [2.24, 2.45) is 0 Å². The molecule has 1 N–H and O–H groups in total. The van der Waals surface area contributed by atoms with Gasteiger partial charge in [-0.05, 0) is 47.4 Å².